The Bertz CT molecular complexity index is 408. The molecule has 92 valence electrons. The van der Waals surface area contributed by atoms with E-state index in [2.05, 4.69) is 33.0 Å². The minimum absolute atomic E-state index is 0.105. The lowest BCUT2D eigenvalue weighted by atomic mass is 10.1. The molecule has 1 saturated heterocycles. The van der Waals surface area contributed by atoms with Crippen LogP contribution >= 0.6 is 15.9 Å². The molecule has 1 heterocycles. The molecular weight excluding hydrogens is 282 g/mol. The van der Waals surface area contributed by atoms with E-state index in [1.807, 2.05) is 12.1 Å². The monoisotopic (exact) mass is 297 g/mol. The second kappa shape index (κ2) is 5.54. The summed E-state index contributed by atoms with van der Waals surface area (Å²) in [5.74, 6) is 0.313. The summed E-state index contributed by atoms with van der Waals surface area (Å²) >= 11 is 3.48. The minimum Gasteiger partial charge on any atom is -0.469 e. The topological polar surface area (TPSA) is 29.5 Å². The number of carbonyl (C=O) groups is 1. The van der Waals surface area contributed by atoms with E-state index < -0.39 is 0 Å². The molecule has 1 aliphatic rings. The molecule has 0 N–H and O–H groups in total. The van der Waals surface area contributed by atoms with Crippen molar-refractivity contribution in [2.45, 2.75) is 12.8 Å². The first-order valence-electron chi connectivity index (χ1n) is 5.76. The third-order valence-corrected chi connectivity index (χ3v) is 3.64. The van der Waals surface area contributed by atoms with E-state index in [4.69, 9.17) is 4.74 Å². The number of benzene rings is 1. The molecule has 1 aromatic carbocycles. The number of methoxy groups -OCH3 is 1. The third-order valence-electron chi connectivity index (χ3n) is 3.14. The fraction of sp³-hybridized carbons (Fsp3) is 0.462. The highest BCUT2D eigenvalue weighted by atomic mass is 79.9. The summed E-state index contributed by atoms with van der Waals surface area (Å²) < 4.78 is 5.80. The van der Waals surface area contributed by atoms with Gasteiger partial charge < -0.3 is 9.64 Å². The van der Waals surface area contributed by atoms with Gasteiger partial charge in [-0.25, -0.2) is 0 Å². The first-order chi connectivity index (χ1) is 8.19. The van der Waals surface area contributed by atoms with Crippen molar-refractivity contribution in [1.29, 1.82) is 0 Å². The molecule has 0 spiro atoms. The fourth-order valence-electron chi connectivity index (χ4n) is 2.23. The predicted molar refractivity (Wildman–Crippen MR) is 71.1 cm³/mol. The van der Waals surface area contributed by atoms with Crippen molar-refractivity contribution in [1.82, 2.24) is 0 Å². The van der Waals surface area contributed by atoms with Crippen LogP contribution in [0.5, 0.6) is 0 Å². The van der Waals surface area contributed by atoms with Gasteiger partial charge in [0.25, 0.3) is 0 Å². The summed E-state index contributed by atoms with van der Waals surface area (Å²) in [6, 6.07) is 8.27. The number of carbonyl (C=O) groups excluding carboxylic acids is 1. The van der Waals surface area contributed by atoms with Crippen molar-refractivity contribution in [3.63, 3.8) is 0 Å². The number of halogens is 1. The van der Waals surface area contributed by atoms with Crippen molar-refractivity contribution in [3.05, 3.63) is 28.7 Å². The molecule has 0 aliphatic carbocycles. The molecule has 1 aromatic rings. The molecule has 3 nitrogen and oxygen atoms in total. The Kier molecular flexibility index (Phi) is 4.05. The number of hydrogen-bond donors (Lipinski definition) is 0. The van der Waals surface area contributed by atoms with Crippen LogP contribution < -0.4 is 4.90 Å². The SMILES string of the molecule is COC(=O)CC1CCN(c2cccc(Br)c2)C1. The Balaban J connectivity index is 1.96. The summed E-state index contributed by atoms with van der Waals surface area (Å²) in [6.45, 7) is 1.95. The zero-order chi connectivity index (χ0) is 12.3. The highest BCUT2D eigenvalue weighted by Gasteiger charge is 2.25. The van der Waals surface area contributed by atoms with E-state index in [-0.39, 0.29) is 5.97 Å². The maximum Gasteiger partial charge on any atom is 0.305 e. The lowest BCUT2D eigenvalue weighted by Crippen LogP contribution is -2.20. The molecule has 0 bridgehead atoms. The fourth-order valence-corrected chi connectivity index (χ4v) is 2.61. The van der Waals surface area contributed by atoms with Crippen molar-refractivity contribution < 1.29 is 9.53 Å². The van der Waals surface area contributed by atoms with Crippen molar-refractivity contribution in [3.8, 4) is 0 Å². The highest BCUT2D eigenvalue weighted by molar-refractivity contribution is 9.10. The molecule has 17 heavy (non-hydrogen) atoms. The summed E-state index contributed by atoms with van der Waals surface area (Å²) in [6.07, 6.45) is 1.59. The number of ether oxygens (including phenoxy) is 1. The van der Waals surface area contributed by atoms with Crippen LogP contribution in [0.4, 0.5) is 5.69 Å². The summed E-state index contributed by atoms with van der Waals surface area (Å²) in [5.41, 5.74) is 1.21. The molecule has 0 amide bonds. The van der Waals surface area contributed by atoms with Gasteiger partial charge in [-0.05, 0) is 30.5 Å². The van der Waals surface area contributed by atoms with Crippen LogP contribution in [0.15, 0.2) is 28.7 Å². The van der Waals surface area contributed by atoms with E-state index in [0.717, 1.165) is 24.0 Å². The van der Waals surface area contributed by atoms with Gasteiger partial charge in [-0.3, -0.25) is 4.79 Å². The van der Waals surface area contributed by atoms with E-state index in [1.54, 1.807) is 0 Å². The smallest absolute Gasteiger partial charge is 0.305 e. The lowest BCUT2D eigenvalue weighted by molar-refractivity contribution is -0.141. The molecule has 1 unspecified atom stereocenters. The summed E-state index contributed by atoms with van der Waals surface area (Å²) in [4.78, 5) is 13.5. The number of rotatable bonds is 3. The van der Waals surface area contributed by atoms with Crippen LogP contribution in [0.25, 0.3) is 0 Å². The Labute approximate surface area is 110 Å². The van der Waals surface area contributed by atoms with Gasteiger partial charge >= 0.3 is 5.97 Å². The number of esters is 1. The maximum absolute atomic E-state index is 11.2. The van der Waals surface area contributed by atoms with Gasteiger partial charge in [0.2, 0.25) is 0 Å². The van der Waals surface area contributed by atoms with Crippen molar-refractivity contribution in [2.75, 3.05) is 25.1 Å². The molecule has 0 saturated carbocycles. The second-order valence-electron chi connectivity index (χ2n) is 4.36. The first-order valence-corrected chi connectivity index (χ1v) is 6.55. The molecule has 4 heteroatoms. The average molecular weight is 298 g/mol. The molecular formula is C13H16BrNO2. The van der Waals surface area contributed by atoms with Crippen LogP contribution in [0.3, 0.4) is 0 Å². The highest BCUT2D eigenvalue weighted by Crippen LogP contribution is 2.27. The van der Waals surface area contributed by atoms with E-state index in [0.29, 0.717) is 12.3 Å². The van der Waals surface area contributed by atoms with Gasteiger partial charge in [-0.2, -0.15) is 0 Å². The van der Waals surface area contributed by atoms with Crippen LogP contribution in [-0.2, 0) is 9.53 Å². The summed E-state index contributed by atoms with van der Waals surface area (Å²) in [7, 11) is 1.45. The Morgan fingerprint density at radius 3 is 3.12 bits per heavy atom. The van der Waals surface area contributed by atoms with Crippen LogP contribution in [0.1, 0.15) is 12.8 Å². The van der Waals surface area contributed by atoms with Gasteiger partial charge in [-0.1, -0.05) is 22.0 Å². The van der Waals surface area contributed by atoms with Gasteiger partial charge in [0.15, 0.2) is 0 Å². The zero-order valence-electron chi connectivity index (χ0n) is 9.86. The van der Waals surface area contributed by atoms with Gasteiger partial charge in [0.1, 0.15) is 0 Å². The van der Waals surface area contributed by atoms with Crippen LogP contribution in [0, 0.1) is 5.92 Å². The molecule has 1 aliphatic heterocycles. The van der Waals surface area contributed by atoms with E-state index >= 15 is 0 Å². The number of hydrogen-bond acceptors (Lipinski definition) is 3. The Hall–Kier alpha value is -1.03. The average Bonchev–Trinajstić information content (AvgIpc) is 2.77. The number of nitrogens with zero attached hydrogens (tertiary/aromatic N) is 1. The molecule has 2 rings (SSSR count). The predicted octanol–water partition coefficient (Wildman–Crippen LogP) is 2.84. The number of anilines is 1. The minimum atomic E-state index is -0.105. The Morgan fingerprint density at radius 2 is 2.41 bits per heavy atom. The maximum atomic E-state index is 11.2. The van der Waals surface area contributed by atoms with E-state index in [1.165, 1.54) is 12.8 Å². The molecule has 1 fully saturated rings. The quantitative estimate of drug-likeness (QED) is 0.804. The Morgan fingerprint density at radius 1 is 1.59 bits per heavy atom. The zero-order valence-corrected chi connectivity index (χ0v) is 11.4. The molecule has 0 aromatic heterocycles. The van der Waals surface area contributed by atoms with E-state index in [9.17, 15) is 4.79 Å². The lowest BCUT2D eigenvalue weighted by Gasteiger charge is -2.18. The molecule has 1 atom stereocenters. The van der Waals surface area contributed by atoms with Gasteiger partial charge in [0.05, 0.1) is 13.5 Å². The van der Waals surface area contributed by atoms with Crippen molar-refractivity contribution >= 4 is 27.6 Å². The normalized spacial score (nSPS) is 19.4. The second-order valence-corrected chi connectivity index (χ2v) is 5.28. The largest absolute Gasteiger partial charge is 0.469 e. The van der Waals surface area contributed by atoms with Crippen molar-refractivity contribution in [2.24, 2.45) is 5.92 Å². The van der Waals surface area contributed by atoms with Crippen LogP contribution in [0.2, 0.25) is 0 Å². The standard InChI is InChI=1S/C13H16BrNO2/c1-17-13(16)7-10-5-6-15(9-10)12-4-2-3-11(14)8-12/h2-4,8,10H,5-7,9H2,1H3. The summed E-state index contributed by atoms with van der Waals surface area (Å²) in [5, 5.41) is 0. The van der Waals surface area contributed by atoms with Gasteiger partial charge in [-0.15, -0.1) is 0 Å². The third kappa shape index (κ3) is 3.22. The molecule has 0 radical (unpaired) electrons. The first kappa shape index (κ1) is 12.4. The van der Waals surface area contributed by atoms with Crippen LogP contribution in [-0.4, -0.2) is 26.2 Å². The van der Waals surface area contributed by atoms with Gasteiger partial charge in [0, 0.05) is 23.2 Å².